The lowest BCUT2D eigenvalue weighted by atomic mass is 10.0. The molecule has 0 amide bonds. The summed E-state index contributed by atoms with van der Waals surface area (Å²) in [6, 6.07) is 3.04. The average Bonchev–Trinajstić information content (AvgIpc) is 2.40. The largest absolute Gasteiger partial charge is 0.545 e. The number of aromatic carboxylic acids is 1. The van der Waals surface area contributed by atoms with Gasteiger partial charge < -0.3 is 14.8 Å². The SMILES string of the molecule is CN1CCN(Cc2ccc(C(=O)[O-])cc2C(F)(F)F)CC1. The number of halogens is 3. The summed E-state index contributed by atoms with van der Waals surface area (Å²) >= 11 is 0. The third kappa shape index (κ3) is 3.95. The summed E-state index contributed by atoms with van der Waals surface area (Å²) in [5.41, 5.74) is -1.26. The highest BCUT2D eigenvalue weighted by molar-refractivity contribution is 5.86. The molecule has 1 heterocycles. The molecule has 0 aromatic heterocycles. The van der Waals surface area contributed by atoms with Crippen LogP contribution in [0.25, 0.3) is 0 Å². The van der Waals surface area contributed by atoms with Crippen molar-refractivity contribution in [1.82, 2.24) is 9.80 Å². The van der Waals surface area contributed by atoms with Gasteiger partial charge in [-0.25, -0.2) is 0 Å². The van der Waals surface area contributed by atoms with E-state index in [-0.39, 0.29) is 12.1 Å². The van der Waals surface area contributed by atoms with Gasteiger partial charge in [0.15, 0.2) is 0 Å². The highest BCUT2D eigenvalue weighted by atomic mass is 19.4. The second-order valence-electron chi connectivity index (χ2n) is 5.24. The van der Waals surface area contributed by atoms with Crippen LogP contribution in [0.3, 0.4) is 0 Å². The molecule has 116 valence electrons. The first-order chi connectivity index (χ1) is 9.77. The number of benzene rings is 1. The number of likely N-dealkylation sites (N-methyl/N-ethyl adjacent to an activating group) is 1. The van der Waals surface area contributed by atoms with Crippen LogP contribution < -0.4 is 5.11 Å². The Morgan fingerprint density at radius 3 is 2.38 bits per heavy atom. The second kappa shape index (κ2) is 6.03. The maximum atomic E-state index is 13.1. The van der Waals surface area contributed by atoms with Gasteiger partial charge in [-0.1, -0.05) is 12.1 Å². The first-order valence-electron chi connectivity index (χ1n) is 6.60. The van der Waals surface area contributed by atoms with Crippen molar-refractivity contribution in [3.63, 3.8) is 0 Å². The van der Waals surface area contributed by atoms with E-state index in [4.69, 9.17) is 0 Å². The Kier molecular flexibility index (Phi) is 4.53. The predicted molar refractivity (Wildman–Crippen MR) is 68.5 cm³/mol. The summed E-state index contributed by atoms with van der Waals surface area (Å²) in [7, 11) is 1.97. The molecular formula is C14H16F3N2O2-. The summed E-state index contributed by atoms with van der Waals surface area (Å²) in [6.07, 6.45) is -4.58. The zero-order valence-electron chi connectivity index (χ0n) is 11.6. The lowest BCUT2D eigenvalue weighted by Gasteiger charge is -2.33. The molecule has 1 aromatic carbocycles. The van der Waals surface area contributed by atoms with E-state index in [1.807, 2.05) is 11.9 Å². The minimum Gasteiger partial charge on any atom is -0.545 e. The van der Waals surface area contributed by atoms with E-state index in [0.29, 0.717) is 19.2 Å². The first kappa shape index (κ1) is 15.8. The van der Waals surface area contributed by atoms with Crippen molar-refractivity contribution in [3.05, 3.63) is 34.9 Å². The van der Waals surface area contributed by atoms with Crippen LogP contribution in [-0.2, 0) is 12.7 Å². The van der Waals surface area contributed by atoms with Gasteiger partial charge >= 0.3 is 6.18 Å². The molecule has 1 saturated heterocycles. The van der Waals surface area contributed by atoms with Crippen LogP contribution in [-0.4, -0.2) is 49.0 Å². The Labute approximate surface area is 120 Å². The number of nitrogens with zero attached hydrogens (tertiary/aromatic N) is 2. The molecule has 0 aliphatic carbocycles. The quantitative estimate of drug-likeness (QED) is 0.829. The van der Waals surface area contributed by atoms with Crippen molar-refractivity contribution >= 4 is 5.97 Å². The zero-order chi connectivity index (χ0) is 15.6. The molecule has 1 aliphatic heterocycles. The molecule has 0 saturated carbocycles. The average molecular weight is 301 g/mol. The third-order valence-electron chi connectivity index (χ3n) is 3.64. The Morgan fingerprint density at radius 1 is 1.24 bits per heavy atom. The van der Waals surface area contributed by atoms with E-state index in [9.17, 15) is 23.1 Å². The van der Waals surface area contributed by atoms with Crippen LogP contribution in [0.5, 0.6) is 0 Å². The van der Waals surface area contributed by atoms with Gasteiger partial charge in [0.05, 0.1) is 11.5 Å². The molecule has 7 heteroatoms. The van der Waals surface area contributed by atoms with Gasteiger partial charge in [0, 0.05) is 32.7 Å². The summed E-state index contributed by atoms with van der Waals surface area (Å²) < 4.78 is 39.2. The van der Waals surface area contributed by atoms with Crippen molar-refractivity contribution in [1.29, 1.82) is 0 Å². The maximum Gasteiger partial charge on any atom is 0.416 e. The molecule has 0 atom stereocenters. The Morgan fingerprint density at radius 2 is 1.86 bits per heavy atom. The number of carboxylic acid groups (broad SMARTS) is 1. The number of alkyl halides is 3. The van der Waals surface area contributed by atoms with Gasteiger partial charge in [-0.05, 0) is 24.2 Å². The fourth-order valence-corrected chi connectivity index (χ4v) is 2.35. The fourth-order valence-electron chi connectivity index (χ4n) is 2.35. The maximum absolute atomic E-state index is 13.1. The molecule has 0 spiro atoms. The number of carbonyl (C=O) groups is 1. The van der Waals surface area contributed by atoms with Crippen molar-refractivity contribution < 1.29 is 23.1 Å². The topological polar surface area (TPSA) is 46.6 Å². The van der Waals surface area contributed by atoms with E-state index in [1.54, 1.807) is 0 Å². The monoisotopic (exact) mass is 301 g/mol. The van der Waals surface area contributed by atoms with Crippen LogP contribution in [0, 0.1) is 0 Å². The molecule has 1 fully saturated rings. The molecule has 2 rings (SSSR count). The van der Waals surface area contributed by atoms with Gasteiger partial charge in [0.25, 0.3) is 0 Å². The van der Waals surface area contributed by atoms with Crippen LogP contribution in [0.2, 0.25) is 0 Å². The van der Waals surface area contributed by atoms with Gasteiger partial charge in [-0.2, -0.15) is 13.2 Å². The van der Waals surface area contributed by atoms with Crippen molar-refractivity contribution in [2.75, 3.05) is 33.2 Å². The summed E-state index contributed by atoms with van der Waals surface area (Å²) in [6.45, 7) is 3.15. The van der Waals surface area contributed by atoms with Crippen molar-refractivity contribution in [3.8, 4) is 0 Å². The number of hydrogen-bond acceptors (Lipinski definition) is 4. The van der Waals surface area contributed by atoms with Crippen LogP contribution in [0.1, 0.15) is 21.5 Å². The molecule has 0 N–H and O–H groups in total. The fraction of sp³-hybridized carbons (Fsp3) is 0.500. The van der Waals surface area contributed by atoms with Crippen molar-refractivity contribution in [2.24, 2.45) is 0 Å². The molecular weight excluding hydrogens is 285 g/mol. The lowest BCUT2D eigenvalue weighted by Crippen LogP contribution is -2.44. The second-order valence-corrected chi connectivity index (χ2v) is 5.24. The predicted octanol–water partition coefficient (Wildman–Crippen LogP) is 0.816. The minimum absolute atomic E-state index is 0.0945. The molecule has 1 aromatic rings. The van der Waals surface area contributed by atoms with Crippen LogP contribution in [0.4, 0.5) is 13.2 Å². The highest BCUT2D eigenvalue weighted by Gasteiger charge is 2.34. The molecule has 0 unspecified atom stereocenters. The summed E-state index contributed by atoms with van der Waals surface area (Å²) in [5.74, 6) is -1.60. The highest BCUT2D eigenvalue weighted by Crippen LogP contribution is 2.33. The third-order valence-corrected chi connectivity index (χ3v) is 3.64. The first-order valence-corrected chi connectivity index (χ1v) is 6.60. The Hall–Kier alpha value is -1.60. The van der Waals surface area contributed by atoms with Gasteiger partial charge in [-0.3, -0.25) is 4.90 Å². The van der Waals surface area contributed by atoms with E-state index < -0.39 is 23.3 Å². The van der Waals surface area contributed by atoms with Gasteiger partial charge in [-0.15, -0.1) is 0 Å². The van der Waals surface area contributed by atoms with Crippen LogP contribution in [0.15, 0.2) is 18.2 Å². The smallest absolute Gasteiger partial charge is 0.416 e. The molecule has 0 bridgehead atoms. The number of hydrogen-bond donors (Lipinski definition) is 0. The summed E-state index contributed by atoms with van der Waals surface area (Å²) in [4.78, 5) is 14.8. The summed E-state index contributed by atoms with van der Waals surface area (Å²) in [5, 5.41) is 10.7. The molecule has 4 nitrogen and oxygen atoms in total. The standard InChI is InChI=1S/C14H17F3N2O2/c1-18-4-6-19(7-5-18)9-11-3-2-10(13(20)21)8-12(11)14(15,16)17/h2-3,8H,4-7,9H2,1H3,(H,20,21)/p-1. The number of carbonyl (C=O) groups excluding carboxylic acids is 1. The van der Waals surface area contributed by atoms with E-state index in [0.717, 1.165) is 19.2 Å². The number of piperazine rings is 1. The number of carboxylic acids is 1. The van der Waals surface area contributed by atoms with E-state index in [2.05, 4.69) is 4.90 Å². The lowest BCUT2D eigenvalue weighted by molar-refractivity contribution is -0.255. The van der Waals surface area contributed by atoms with E-state index >= 15 is 0 Å². The Bertz CT molecular complexity index is 523. The normalized spacial score (nSPS) is 17.9. The molecule has 0 radical (unpaired) electrons. The number of rotatable bonds is 3. The van der Waals surface area contributed by atoms with Crippen LogP contribution >= 0.6 is 0 Å². The van der Waals surface area contributed by atoms with Gasteiger partial charge in [0.2, 0.25) is 0 Å². The van der Waals surface area contributed by atoms with E-state index in [1.165, 1.54) is 6.07 Å². The molecule has 21 heavy (non-hydrogen) atoms. The Balaban J connectivity index is 2.24. The van der Waals surface area contributed by atoms with Crippen molar-refractivity contribution in [2.45, 2.75) is 12.7 Å². The molecule has 1 aliphatic rings. The minimum atomic E-state index is -4.58. The zero-order valence-corrected chi connectivity index (χ0v) is 11.6. The van der Waals surface area contributed by atoms with Gasteiger partial charge in [0.1, 0.15) is 0 Å².